The molecule has 1 aliphatic carbocycles. The Balaban J connectivity index is 1.73. The van der Waals surface area contributed by atoms with Gasteiger partial charge in [0, 0.05) is 25.7 Å². The van der Waals surface area contributed by atoms with Gasteiger partial charge in [0.15, 0.2) is 0 Å². The Morgan fingerprint density at radius 3 is 3.00 bits per heavy atom. The highest BCUT2D eigenvalue weighted by Gasteiger charge is 2.28. The smallest absolute Gasteiger partial charge is 0.335 e. The van der Waals surface area contributed by atoms with Gasteiger partial charge in [0.25, 0.3) is 0 Å². The molecule has 0 unspecified atom stereocenters. The van der Waals surface area contributed by atoms with Gasteiger partial charge in [-0.05, 0) is 30.5 Å². The van der Waals surface area contributed by atoms with Crippen molar-refractivity contribution in [1.29, 1.82) is 0 Å². The van der Waals surface area contributed by atoms with Crippen molar-refractivity contribution < 1.29 is 9.90 Å². The van der Waals surface area contributed by atoms with Crippen molar-refractivity contribution in [1.82, 2.24) is 9.78 Å². The Bertz CT molecular complexity index is 644. The predicted octanol–water partition coefficient (Wildman–Crippen LogP) is 2.61. The van der Waals surface area contributed by atoms with Crippen molar-refractivity contribution in [2.75, 3.05) is 5.32 Å². The van der Waals surface area contributed by atoms with Crippen LogP contribution in [-0.4, -0.2) is 20.9 Å². The number of nitrogens with one attached hydrogen (secondary N) is 1. The number of rotatable bonds is 5. The number of aromatic carboxylic acids is 1. The molecule has 1 aromatic carbocycles. The number of anilines is 1. The minimum Gasteiger partial charge on any atom is -0.478 e. The van der Waals surface area contributed by atoms with Crippen molar-refractivity contribution in [3.63, 3.8) is 0 Å². The SMILES string of the molecule is Cn1cc(NCc2cccc(C(=O)O)c2)c(C2CC2)n1. The van der Waals surface area contributed by atoms with E-state index < -0.39 is 5.97 Å². The van der Waals surface area contributed by atoms with Crippen molar-refractivity contribution in [3.05, 3.63) is 47.3 Å². The van der Waals surface area contributed by atoms with E-state index in [0.29, 0.717) is 18.0 Å². The summed E-state index contributed by atoms with van der Waals surface area (Å²) in [5, 5.41) is 16.8. The number of hydrogen-bond acceptors (Lipinski definition) is 3. The molecule has 1 aromatic heterocycles. The summed E-state index contributed by atoms with van der Waals surface area (Å²) in [5.74, 6) is -0.309. The van der Waals surface area contributed by atoms with Crippen molar-refractivity contribution in [2.45, 2.75) is 25.3 Å². The van der Waals surface area contributed by atoms with Gasteiger partial charge < -0.3 is 10.4 Å². The van der Waals surface area contributed by atoms with Crippen LogP contribution in [0.4, 0.5) is 5.69 Å². The third-order valence-corrected chi connectivity index (χ3v) is 3.48. The molecule has 0 bridgehead atoms. The van der Waals surface area contributed by atoms with Crippen LogP contribution in [0, 0.1) is 0 Å². The zero-order valence-corrected chi connectivity index (χ0v) is 11.3. The fourth-order valence-electron chi connectivity index (χ4n) is 2.31. The molecule has 0 atom stereocenters. The lowest BCUT2D eigenvalue weighted by Gasteiger charge is -2.06. The van der Waals surface area contributed by atoms with Gasteiger partial charge >= 0.3 is 5.97 Å². The minimum absolute atomic E-state index is 0.318. The fourth-order valence-corrected chi connectivity index (χ4v) is 2.31. The lowest BCUT2D eigenvalue weighted by molar-refractivity contribution is 0.0697. The number of hydrogen-bond donors (Lipinski definition) is 2. The van der Waals surface area contributed by atoms with Crippen LogP contribution in [0.2, 0.25) is 0 Å². The van der Waals surface area contributed by atoms with E-state index in [1.54, 1.807) is 18.2 Å². The summed E-state index contributed by atoms with van der Waals surface area (Å²) in [6.45, 7) is 0.604. The standard InChI is InChI=1S/C15H17N3O2/c1-18-9-13(14(17-18)11-5-6-11)16-8-10-3-2-4-12(7-10)15(19)20/h2-4,7,9,11,16H,5-6,8H2,1H3,(H,19,20). The first-order chi connectivity index (χ1) is 9.63. The van der Waals surface area contributed by atoms with Crippen molar-refractivity contribution in [2.24, 2.45) is 7.05 Å². The maximum atomic E-state index is 10.9. The average molecular weight is 271 g/mol. The predicted molar refractivity (Wildman–Crippen MR) is 75.9 cm³/mol. The summed E-state index contributed by atoms with van der Waals surface area (Å²) >= 11 is 0. The molecular formula is C15H17N3O2. The third kappa shape index (κ3) is 2.66. The normalized spacial score (nSPS) is 14.2. The van der Waals surface area contributed by atoms with Gasteiger partial charge in [0.1, 0.15) is 0 Å². The van der Waals surface area contributed by atoms with E-state index in [1.807, 2.05) is 24.0 Å². The minimum atomic E-state index is -0.896. The second-order valence-corrected chi connectivity index (χ2v) is 5.24. The number of carboxylic acids is 1. The molecule has 1 aliphatic rings. The number of nitrogens with zero attached hydrogens (tertiary/aromatic N) is 2. The molecule has 104 valence electrons. The average Bonchev–Trinajstić information content (AvgIpc) is 3.20. The molecule has 1 fully saturated rings. The van der Waals surface area contributed by atoms with Crippen LogP contribution in [-0.2, 0) is 13.6 Å². The highest BCUT2D eigenvalue weighted by atomic mass is 16.4. The summed E-state index contributed by atoms with van der Waals surface area (Å²) in [5.41, 5.74) is 3.45. The molecule has 0 radical (unpaired) electrons. The Labute approximate surface area is 117 Å². The maximum absolute atomic E-state index is 10.9. The molecule has 0 saturated heterocycles. The van der Waals surface area contributed by atoms with Gasteiger partial charge in [0.2, 0.25) is 0 Å². The van der Waals surface area contributed by atoms with E-state index in [2.05, 4.69) is 10.4 Å². The van der Waals surface area contributed by atoms with E-state index in [1.165, 1.54) is 12.8 Å². The lowest BCUT2D eigenvalue weighted by atomic mass is 10.1. The van der Waals surface area contributed by atoms with E-state index in [9.17, 15) is 4.79 Å². The highest BCUT2D eigenvalue weighted by Crippen LogP contribution is 2.42. The van der Waals surface area contributed by atoms with Gasteiger partial charge in [-0.15, -0.1) is 0 Å². The second-order valence-electron chi connectivity index (χ2n) is 5.24. The number of benzene rings is 1. The Morgan fingerprint density at radius 2 is 2.30 bits per heavy atom. The molecular weight excluding hydrogens is 254 g/mol. The molecule has 0 amide bonds. The second kappa shape index (κ2) is 5.00. The molecule has 0 spiro atoms. The largest absolute Gasteiger partial charge is 0.478 e. The van der Waals surface area contributed by atoms with Crippen LogP contribution in [0.25, 0.3) is 0 Å². The van der Waals surface area contributed by atoms with Crippen LogP contribution in [0.1, 0.15) is 40.4 Å². The molecule has 2 N–H and O–H groups in total. The topological polar surface area (TPSA) is 67.2 Å². The quantitative estimate of drug-likeness (QED) is 0.877. The highest BCUT2D eigenvalue weighted by molar-refractivity contribution is 5.87. The van der Waals surface area contributed by atoms with E-state index in [-0.39, 0.29) is 0 Å². The van der Waals surface area contributed by atoms with Crippen LogP contribution < -0.4 is 5.32 Å². The molecule has 1 saturated carbocycles. The fraction of sp³-hybridized carbons (Fsp3) is 0.333. The molecule has 3 rings (SSSR count). The number of carbonyl (C=O) groups is 1. The van der Waals surface area contributed by atoms with Gasteiger partial charge in [-0.3, -0.25) is 4.68 Å². The third-order valence-electron chi connectivity index (χ3n) is 3.48. The van der Waals surface area contributed by atoms with Gasteiger partial charge in [0.05, 0.1) is 16.9 Å². The first kappa shape index (κ1) is 12.7. The summed E-state index contributed by atoms with van der Waals surface area (Å²) in [6, 6.07) is 6.99. The summed E-state index contributed by atoms with van der Waals surface area (Å²) in [7, 11) is 1.92. The molecule has 1 heterocycles. The van der Waals surface area contributed by atoms with Gasteiger partial charge in [-0.1, -0.05) is 12.1 Å². The van der Waals surface area contributed by atoms with Crippen molar-refractivity contribution in [3.8, 4) is 0 Å². The summed E-state index contributed by atoms with van der Waals surface area (Å²) in [6.07, 6.45) is 4.40. The van der Waals surface area contributed by atoms with E-state index in [4.69, 9.17) is 5.11 Å². The van der Waals surface area contributed by atoms with E-state index in [0.717, 1.165) is 16.9 Å². The summed E-state index contributed by atoms with van der Waals surface area (Å²) in [4.78, 5) is 10.9. The monoisotopic (exact) mass is 271 g/mol. The lowest BCUT2D eigenvalue weighted by Crippen LogP contribution is -2.03. The first-order valence-electron chi connectivity index (χ1n) is 6.73. The van der Waals surface area contributed by atoms with E-state index >= 15 is 0 Å². The van der Waals surface area contributed by atoms with Crippen LogP contribution in [0.3, 0.4) is 0 Å². The molecule has 5 nitrogen and oxygen atoms in total. The van der Waals surface area contributed by atoms with Gasteiger partial charge in [-0.2, -0.15) is 5.10 Å². The zero-order valence-electron chi connectivity index (χ0n) is 11.3. The first-order valence-corrected chi connectivity index (χ1v) is 6.73. The molecule has 5 heteroatoms. The van der Waals surface area contributed by atoms with Crippen LogP contribution in [0.15, 0.2) is 30.5 Å². The molecule has 0 aliphatic heterocycles. The van der Waals surface area contributed by atoms with Crippen LogP contribution >= 0.6 is 0 Å². The number of aryl methyl sites for hydroxylation is 1. The molecule has 2 aromatic rings. The maximum Gasteiger partial charge on any atom is 0.335 e. The van der Waals surface area contributed by atoms with Crippen molar-refractivity contribution >= 4 is 11.7 Å². The zero-order chi connectivity index (χ0) is 14.1. The Morgan fingerprint density at radius 1 is 1.50 bits per heavy atom. The summed E-state index contributed by atoms with van der Waals surface area (Å²) < 4.78 is 1.82. The number of aromatic nitrogens is 2. The van der Waals surface area contributed by atoms with Crippen LogP contribution in [0.5, 0.6) is 0 Å². The Hall–Kier alpha value is -2.30. The Kier molecular flexibility index (Phi) is 3.18. The number of carboxylic acid groups (broad SMARTS) is 1. The van der Waals surface area contributed by atoms with Gasteiger partial charge in [-0.25, -0.2) is 4.79 Å². The molecule has 20 heavy (non-hydrogen) atoms.